The molecule has 0 bridgehead atoms. The van der Waals surface area contributed by atoms with Crippen molar-refractivity contribution in [3.63, 3.8) is 0 Å². The van der Waals surface area contributed by atoms with E-state index in [4.69, 9.17) is 21.7 Å². The highest BCUT2D eigenvalue weighted by Gasteiger charge is 2.37. The summed E-state index contributed by atoms with van der Waals surface area (Å²) < 4.78 is 26.1. The van der Waals surface area contributed by atoms with Crippen molar-refractivity contribution in [3.8, 4) is 11.5 Å². The molecule has 1 aliphatic heterocycles. The molecule has 0 radical (unpaired) electrons. The lowest BCUT2D eigenvalue weighted by atomic mass is 9.94. The highest BCUT2D eigenvalue weighted by atomic mass is 32.2. The van der Waals surface area contributed by atoms with Crippen molar-refractivity contribution >= 4 is 40.3 Å². The predicted octanol–water partition coefficient (Wildman–Crippen LogP) is 6.34. The number of carbonyl (C=O) groups is 1. The Kier molecular flexibility index (Phi) is 7.48. The monoisotopic (exact) mass is 471 g/mol. The van der Waals surface area contributed by atoms with Crippen LogP contribution in [0.4, 0.5) is 4.39 Å². The van der Waals surface area contributed by atoms with Crippen LogP contribution in [0.5, 0.6) is 11.5 Å². The lowest BCUT2D eigenvalue weighted by molar-refractivity contribution is -0.124. The summed E-state index contributed by atoms with van der Waals surface area (Å²) in [5.74, 6) is 0.772. The molecular formula is C25H26FNO3S2. The highest BCUT2D eigenvalue weighted by Crippen LogP contribution is 2.38. The van der Waals surface area contributed by atoms with Gasteiger partial charge in [-0.25, -0.2) is 4.39 Å². The van der Waals surface area contributed by atoms with Gasteiger partial charge in [0.2, 0.25) is 0 Å². The quantitative estimate of drug-likeness (QED) is 0.348. The van der Waals surface area contributed by atoms with E-state index in [1.54, 1.807) is 29.2 Å². The summed E-state index contributed by atoms with van der Waals surface area (Å²) in [5, 5.41) is 0. The number of nitrogens with zero attached hydrogens (tertiary/aromatic N) is 1. The molecule has 2 fully saturated rings. The molecule has 2 aromatic carbocycles. The Bertz CT molecular complexity index is 1030. The summed E-state index contributed by atoms with van der Waals surface area (Å²) in [6.45, 7) is 2.46. The van der Waals surface area contributed by atoms with Crippen LogP contribution in [0, 0.1) is 5.82 Å². The fraction of sp³-hybridized carbons (Fsp3) is 0.360. The molecule has 1 heterocycles. The molecule has 32 heavy (non-hydrogen) atoms. The largest absolute Gasteiger partial charge is 0.490 e. The Hall–Kier alpha value is -2.38. The zero-order valence-corrected chi connectivity index (χ0v) is 19.6. The van der Waals surface area contributed by atoms with Crippen LogP contribution in [0.1, 0.15) is 50.2 Å². The van der Waals surface area contributed by atoms with Crippen LogP contribution in [-0.4, -0.2) is 27.8 Å². The summed E-state index contributed by atoms with van der Waals surface area (Å²) in [6, 6.07) is 12.2. The average molecular weight is 472 g/mol. The van der Waals surface area contributed by atoms with E-state index in [9.17, 15) is 9.18 Å². The minimum Gasteiger partial charge on any atom is -0.490 e. The number of halogens is 1. The fourth-order valence-corrected chi connectivity index (χ4v) is 5.46. The van der Waals surface area contributed by atoms with Crippen LogP contribution >= 0.6 is 24.0 Å². The smallest absolute Gasteiger partial charge is 0.266 e. The number of amides is 1. The van der Waals surface area contributed by atoms with E-state index in [0.717, 1.165) is 31.2 Å². The zero-order valence-electron chi connectivity index (χ0n) is 18.0. The van der Waals surface area contributed by atoms with Gasteiger partial charge in [-0.3, -0.25) is 9.69 Å². The maximum absolute atomic E-state index is 13.9. The van der Waals surface area contributed by atoms with Gasteiger partial charge in [0.25, 0.3) is 5.91 Å². The summed E-state index contributed by atoms with van der Waals surface area (Å²) in [4.78, 5) is 15.5. The van der Waals surface area contributed by atoms with Crippen LogP contribution < -0.4 is 9.47 Å². The van der Waals surface area contributed by atoms with E-state index in [2.05, 4.69) is 0 Å². The molecule has 1 saturated heterocycles. The SMILES string of the molecule is CCOc1cc(/C=C2/SC(=S)N(C3CCCCC3)C2=O)ccc1OCc1ccccc1F. The van der Waals surface area contributed by atoms with E-state index in [-0.39, 0.29) is 24.4 Å². The van der Waals surface area contributed by atoms with Gasteiger partial charge in [-0.15, -0.1) is 0 Å². The van der Waals surface area contributed by atoms with E-state index < -0.39 is 0 Å². The van der Waals surface area contributed by atoms with Gasteiger partial charge in [-0.1, -0.05) is 67.5 Å². The molecule has 0 N–H and O–H groups in total. The molecule has 0 spiro atoms. The van der Waals surface area contributed by atoms with E-state index in [0.29, 0.717) is 32.9 Å². The first-order chi connectivity index (χ1) is 15.6. The molecule has 1 aliphatic carbocycles. The molecular weight excluding hydrogens is 445 g/mol. The van der Waals surface area contributed by atoms with Crippen LogP contribution in [0.2, 0.25) is 0 Å². The Morgan fingerprint density at radius 2 is 1.91 bits per heavy atom. The van der Waals surface area contributed by atoms with Crippen LogP contribution in [0.15, 0.2) is 47.4 Å². The standard InChI is InChI=1S/C25H26FNO3S2/c1-2-29-22-14-17(12-13-21(22)30-16-18-8-6-7-11-20(18)26)15-23-24(28)27(25(31)32-23)19-9-4-3-5-10-19/h6-8,11-15,19H,2-5,9-10,16H2,1H3/b23-15+. The number of rotatable bonds is 7. The molecule has 0 aromatic heterocycles. The second-order valence-corrected chi connectivity index (χ2v) is 9.54. The average Bonchev–Trinajstić information content (AvgIpc) is 3.07. The summed E-state index contributed by atoms with van der Waals surface area (Å²) >= 11 is 6.88. The van der Waals surface area contributed by atoms with Crippen LogP contribution in [0.25, 0.3) is 6.08 Å². The number of thioether (sulfide) groups is 1. The van der Waals surface area contributed by atoms with Crippen molar-refractivity contribution < 1.29 is 18.7 Å². The van der Waals surface area contributed by atoms with Gasteiger partial charge in [0.15, 0.2) is 11.5 Å². The van der Waals surface area contributed by atoms with Gasteiger partial charge < -0.3 is 9.47 Å². The van der Waals surface area contributed by atoms with Crippen molar-refractivity contribution in [1.29, 1.82) is 0 Å². The summed E-state index contributed by atoms with van der Waals surface area (Å²) in [6.07, 6.45) is 7.40. The number of thiocarbonyl (C=S) groups is 1. The molecule has 2 aromatic rings. The Morgan fingerprint density at radius 1 is 1.12 bits per heavy atom. The van der Waals surface area contributed by atoms with Crippen molar-refractivity contribution in [2.24, 2.45) is 0 Å². The third kappa shape index (κ3) is 5.15. The Balaban J connectivity index is 1.51. The van der Waals surface area contributed by atoms with Gasteiger partial charge in [0.1, 0.15) is 16.7 Å². The first kappa shape index (κ1) is 22.8. The van der Waals surface area contributed by atoms with Gasteiger partial charge in [0.05, 0.1) is 11.5 Å². The van der Waals surface area contributed by atoms with Gasteiger partial charge in [0, 0.05) is 11.6 Å². The molecule has 0 atom stereocenters. The molecule has 1 amide bonds. The number of carbonyl (C=O) groups excluding carboxylic acids is 1. The maximum Gasteiger partial charge on any atom is 0.266 e. The molecule has 0 unspecified atom stereocenters. The third-order valence-corrected chi connectivity index (χ3v) is 7.00. The van der Waals surface area contributed by atoms with Crippen molar-refractivity contribution in [3.05, 3.63) is 64.3 Å². The second kappa shape index (κ2) is 10.5. The normalized spacial score (nSPS) is 18.4. The second-order valence-electron chi connectivity index (χ2n) is 7.86. The van der Waals surface area contributed by atoms with Crippen molar-refractivity contribution in [1.82, 2.24) is 4.90 Å². The van der Waals surface area contributed by atoms with E-state index in [1.165, 1.54) is 24.2 Å². The minimum atomic E-state index is -0.304. The van der Waals surface area contributed by atoms with Gasteiger partial charge >= 0.3 is 0 Å². The molecule has 1 saturated carbocycles. The molecule has 4 rings (SSSR count). The molecule has 7 heteroatoms. The summed E-state index contributed by atoms with van der Waals surface area (Å²) in [5.41, 5.74) is 1.31. The minimum absolute atomic E-state index is 0.00950. The zero-order chi connectivity index (χ0) is 22.5. The number of ether oxygens (including phenoxy) is 2. The van der Waals surface area contributed by atoms with Crippen molar-refractivity contribution in [2.75, 3.05) is 6.61 Å². The molecule has 4 nitrogen and oxygen atoms in total. The lowest BCUT2D eigenvalue weighted by Gasteiger charge is -2.29. The first-order valence-electron chi connectivity index (χ1n) is 11.0. The molecule has 168 valence electrons. The lowest BCUT2D eigenvalue weighted by Crippen LogP contribution is -2.39. The summed E-state index contributed by atoms with van der Waals surface area (Å²) in [7, 11) is 0. The van der Waals surface area contributed by atoms with Crippen LogP contribution in [-0.2, 0) is 11.4 Å². The highest BCUT2D eigenvalue weighted by molar-refractivity contribution is 8.26. The van der Waals surface area contributed by atoms with Gasteiger partial charge in [-0.2, -0.15) is 0 Å². The number of hydrogen-bond donors (Lipinski definition) is 0. The van der Waals surface area contributed by atoms with E-state index in [1.807, 2.05) is 25.1 Å². The van der Waals surface area contributed by atoms with Crippen molar-refractivity contribution in [2.45, 2.75) is 51.7 Å². The topological polar surface area (TPSA) is 38.8 Å². The number of benzene rings is 2. The Labute approximate surface area is 197 Å². The van der Waals surface area contributed by atoms with E-state index >= 15 is 0 Å². The van der Waals surface area contributed by atoms with Gasteiger partial charge in [-0.05, 0) is 49.6 Å². The fourth-order valence-electron chi connectivity index (χ4n) is 4.06. The maximum atomic E-state index is 13.9. The molecule has 2 aliphatic rings. The predicted molar refractivity (Wildman–Crippen MR) is 130 cm³/mol. The Morgan fingerprint density at radius 3 is 2.66 bits per heavy atom. The third-order valence-electron chi connectivity index (χ3n) is 5.67. The van der Waals surface area contributed by atoms with Crippen LogP contribution in [0.3, 0.4) is 0 Å². The number of hydrogen-bond acceptors (Lipinski definition) is 5. The first-order valence-corrected chi connectivity index (χ1v) is 12.2.